The third-order valence-corrected chi connectivity index (χ3v) is 9.62. The maximum absolute atomic E-state index is 12.9. The molecule has 2 aliphatic rings. The Kier molecular flexibility index (Phi) is 8.71. The van der Waals surface area contributed by atoms with E-state index in [1.807, 2.05) is 53.9 Å². The summed E-state index contributed by atoms with van der Waals surface area (Å²) in [5.74, 6) is 2.30. The molecule has 250 valence electrons. The van der Waals surface area contributed by atoms with Crippen molar-refractivity contribution in [2.75, 3.05) is 13.1 Å². The van der Waals surface area contributed by atoms with Crippen molar-refractivity contribution in [1.29, 1.82) is 0 Å². The van der Waals surface area contributed by atoms with E-state index in [1.54, 1.807) is 21.1 Å². The van der Waals surface area contributed by atoms with E-state index in [-0.39, 0.29) is 24.3 Å². The minimum atomic E-state index is -0.548. The van der Waals surface area contributed by atoms with Crippen LogP contribution in [-0.2, 0) is 9.47 Å². The largest absolute Gasteiger partial charge is 0.444 e. The molecular weight excluding hydrogens is 613 g/mol. The second kappa shape index (κ2) is 12.5. The molecule has 10 nitrogen and oxygen atoms in total. The van der Waals surface area contributed by atoms with Crippen molar-refractivity contribution < 1.29 is 19.1 Å². The van der Waals surface area contributed by atoms with Gasteiger partial charge in [-0.15, -0.1) is 11.3 Å². The maximum atomic E-state index is 12.9. The van der Waals surface area contributed by atoms with Crippen molar-refractivity contribution in [1.82, 2.24) is 29.7 Å². The second-order valence-corrected chi connectivity index (χ2v) is 16.2. The minimum Gasteiger partial charge on any atom is -0.444 e. The summed E-state index contributed by atoms with van der Waals surface area (Å²) in [7, 11) is 0. The zero-order valence-electron chi connectivity index (χ0n) is 28.6. The number of carbonyl (C=O) groups excluding carboxylic acids is 2. The van der Waals surface area contributed by atoms with E-state index in [0.29, 0.717) is 24.9 Å². The van der Waals surface area contributed by atoms with E-state index in [1.165, 1.54) is 0 Å². The number of ether oxygens (including phenoxy) is 2. The Balaban J connectivity index is 1.14. The van der Waals surface area contributed by atoms with Crippen LogP contribution < -0.4 is 0 Å². The summed E-state index contributed by atoms with van der Waals surface area (Å²) >= 11 is 1.69. The topological polar surface area (TPSA) is 116 Å². The van der Waals surface area contributed by atoms with Crippen LogP contribution in [0.15, 0.2) is 48.8 Å². The van der Waals surface area contributed by atoms with E-state index in [2.05, 4.69) is 65.2 Å². The smallest absolute Gasteiger partial charge is 0.410 e. The molecular formula is C36H46N6O4S. The summed E-state index contributed by atoms with van der Waals surface area (Å²) in [6.07, 6.45) is 4.78. The summed E-state index contributed by atoms with van der Waals surface area (Å²) in [6.45, 7) is 16.9. The number of benzene rings is 1. The number of aromatic amines is 2. The number of imidazole rings is 2. The van der Waals surface area contributed by atoms with Gasteiger partial charge in [-0.1, -0.05) is 38.1 Å². The molecule has 0 radical (unpaired) electrons. The van der Waals surface area contributed by atoms with Crippen molar-refractivity contribution in [3.8, 4) is 32.3 Å². The fourth-order valence-corrected chi connectivity index (χ4v) is 7.37. The molecule has 47 heavy (non-hydrogen) atoms. The standard InChI is InChI=1S/C36H46N6O4S/c1-21-15-27(41(19-21)33(43)45-35(3,4)5)31-37-17-25(39-31)23-9-11-24(12-10-23)29-13-14-30(47-29)26-18-38-32(40-26)28-16-22(2)20-42(28)34(44)46-36(6,7)8/h9-14,17-18,21-22,27-28H,15-16,19-20H2,1-8H3,(H,37,39)(H,38,40). The highest BCUT2D eigenvalue weighted by Gasteiger charge is 2.39. The Morgan fingerprint density at radius 3 is 1.66 bits per heavy atom. The summed E-state index contributed by atoms with van der Waals surface area (Å²) in [4.78, 5) is 48.0. The Labute approximate surface area is 280 Å². The third-order valence-electron chi connectivity index (χ3n) is 8.45. The molecule has 2 saturated heterocycles. The van der Waals surface area contributed by atoms with Gasteiger partial charge in [-0.05, 0) is 89.5 Å². The van der Waals surface area contributed by atoms with E-state index in [4.69, 9.17) is 14.5 Å². The van der Waals surface area contributed by atoms with Crippen molar-refractivity contribution in [2.45, 2.75) is 91.5 Å². The van der Waals surface area contributed by atoms with Crippen LogP contribution in [0.2, 0.25) is 0 Å². The lowest BCUT2D eigenvalue weighted by atomic mass is 10.1. The predicted octanol–water partition coefficient (Wildman–Crippen LogP) is 8.83. The lowest BCUT2D eigenvalue weighted by molar-refractivity contribution is 0.0204. The maximum Gasteiger partial charge on any atom is 0.410 e. The highest BCUT2D eigenvalue weighted by atomic mass is 32.1. The molecule has 0 spiro atoms. The van der Waals surface area contributed by atoms with Gasteiger partial charge in [0.25, 0.3) is 0 Å². The quantitative estimate of drug-likeness (QED) is 0.221. The number of likely N-dealkylation sites (tertiary alicyclic amines) is 2. The van der Waals surface area contributed by atoms with Crippen LogP contribution in [0.5, 0.6) is 0 Å². The fourth-order valence-electron chi connectivity index (χ4n) is 6.39. The molecule has 4 unspecified atom stereocenters. The number of thiophene rings is 1. The van der Waals surface area contributed by atoms with Crippen molar-refractivity contribution >= 4 is 23.5 Å². The van der Waals surface area contributed by atoms with Crippen molar-refractivity contribution in [3.05, 3.63) is 60.4 Å². The molecule has 5 heterocycles. The van der Waals surface area contributed by atoms with E-state index < -0.39 is 11.2 Å². The average Bonchev–Trinajstić information content (AvgIpc) is 3.80. The number of hydrogen-bond acceptors (Lipinski definition) is 7. The first-order chi connectivity index (χ1) is 22.1. The molecule has 4 atom stereocenters. The zero-order chi connectivity index (χ0) is 33.7. The van der Waals surface area contributed by atoms with Crippen LogP contribution in [0.4, 0.5) is 9.59 Å². The molecule has 2 fully saturated rings. The van der Waals surface area contributed by atoms with Gasteiger partial charge in [-0.3, -0.25) is 9.80 Å². The number of nitrogens with one attached hydrogen (secondary N) is 2. The first-order valence-electron chi connectivity index (χ1n) is 16.4. The number of hydrogen-bond donors (Lipinski definition) is 2. The molecule has 3 aromatic heterocycles. The molecule has 2 amide bonds. The van der Waals surface area contributed by atoms with Crippen LogP contribution in [-0.4, -0.2) is 66.2 Å². The lowest BCUT2D eigenvalue weighted by Gasteiger charge is -2.27. The van der Waals surface area contributed by atoms with Crippen LogP contribution in [0.3, 0.4) is 0 Å². The van der Waals surface area contributed by atoms with Gasteiger partial charge >= 0.3 is 12.2 Å². The average molecular weight is 659 g/mol. The van der Waals surface area contributed by atoms with Gasteiger partial charge in [0.15, 0.2) is 0 Å². The van der Waals surface area contributed by atoms with Crippen LogP contribution in [0, 0.1) is 11.8 Å². The summed E-state index contributed by atoms with van der Waals surface area (Å²) in [6, 6.07) is 12.4. The number of nitrogens with zero attached hydrogens (tertiary/aromatic N) is 4. The second-order valence-electron chi connectivity index (χ2n) is 15.1. The highest BCUT2D eigenvalue weighted by Crippen LogP contribution is 2.39. The van der Waals surface area contributed by atoms with Gasteiger partial charge in [-0.25, -0.2) is 19.6 Å². The number of H-pyrrole nitrogens is 2. The summed E-state index contributed by atoms with van der Waals surface area (Å²) in [5, 5.41) is 0. The number of carbonyl (C=O) groups is 2. The van der Waals surface area contributed by atoms with Crippen molar-refractivity contribution in [3.63, 3.8) is 0 Å². The normalized spacial score (nSPS) is 21.8. The molecule has 4 aromatic rings. The zero-order valence-corrected chi connectivity index (χ0v) is 29.4. The predicted molar refractivity (Wildman–Crippen MR) is 184 cm³/mol. The third kappa shape index (κ3) is 7.40. The van der Waals surface area contributed by atoms with Gasteiger partial charge in [0.2, 0.25) is 0 Å². The minimum absolute atomic E-state index is 0.138. The highest BCUT2D eigenvalue weighted by molar-refractivity contribution is 7.18. The Morgan fingerprint density at radius 1 is 0.702 bits per heavy atom. The first kappa shape index (κ1) is 32.8. The lowest BCUT2D eigenvalue weighted by Crippen LogP contribution is -2.37. The van der Waals surface area contributed by atoms with Crippen LogP contribution in [0.25, 0.3) is 32.3 Å². The first-order valence-corrected chi connectivity index (χ1v) is 17.3. The van der Waals surface area contributed by atoms with Gasteiger partial charge in [0.05, 0.1) is 40.7 Å². The summed E-state index contributed by atoms with van der Waals surface area (Å²) < 4.78 is 11.4. The molecule has 6 rings (SSSR count). The van der Waals surface area contributed by atoms with Gasteiger partial charge < -0.3 is 19.4 Å². The van der Waals surface area contributed by atoms with E-state index in [9.17, 15) is 9.59 Å². The molecule has 2 N–H and O–H groups in total. The monoisotopic (exact) mass is 658 g/mol. The number of amides is 2. The van der Waals surface area contributed by atoms with Gasteiger partial charge in [-0.2, -0.15) is 0 Å². The van der Waals surface area contributed by atoms with E-state index >= 15 is 0 Å². The van der Waals surface area contributed by atoms with Crippen molar-refractivity contribution in [2.24, 2.45) is 11.8 Å². The molecule has 0 bridgehead atoms. The number of rotatable bonds is 5. The van der Waals surface area contributed by atoms with Crippen LogP contribution in [0.1, 0.15) is 92.0 Å². The van der Waals surface area contributed by atoms with Gasteiger partial charge in [0, 0.05) is 18.0 Å². The Bertz CT molecular complexity index is 1730. The number of aromatic nitrogens is 4. The molecule has 1 aromatic carbocycles. The van der Waals surface area contributed by atoms with Gasteiger partial charge in [0.1, 0.15) is 22.9 Å². The SMILES string of the molecule is CC1CC(c2ncc(-c3ccc(-c4ccc(-c5cnc(C6CC(C)CN6C(=O)OC(C)(C)C)[nH]5)s4)cc3)[nH]2)N(C(=O)OC(C)(C)C)C1. The Morgan fingerprint density at radius 2 is 1.15 bits per heavy atom. The molecule has 11 heteroatoms. The van der Waals surface area contributed by atoms with E-state index in [0.717, 1.165) is 56.8 Å². The summed E-state index contributed by atoms with van der Waals surface area (Å²) in [5.41, 5.74) is 2.89. The van der Waals surface area contributed by atoms with Crippen LogP contribution >= 0.6 is 11.3 Å². The molecule has 2 aliphatic heterocycles. The molecule has 0 aliphatic carbocycles. The fraction of sp³-hybridized carbons (Fsp3) is 0.500. The Hall–Kier alpha value is -4.12. The molecule has 0 saturated carbocycles.